The number of urea groups is 1. The molecule has 0 aliphatic carbocycles. The number of hydrogen-bond donors (Lipinski definition) is 3. The first-order valence-electron chi connectivity index (χ1n) is 5.16. The summed E-state index contributed by atoms with van der Waals surface area (Å²) in [5.41, 5.74) is 11.2. The summed E-state index contributed by atoms with van der Waals surface area (Å²) in [5.74, 6) is 0.214. The standard InChI is InChI=1S/C11H15N3O4/c1-17-9-4-7(5-12)2-3-8(9)18-6-10(15)14-11(13)16/h2-4H,5-6,12H2,1H3,(H3,13,14,15,16). The van der Waals surface area contributed by atoms with Crippen molar-refractivity contribution in [1.82, 2.24) is 5.32 Å². The maximum atomic E-state index is 11.2. The van der Waals surface area contributed by atoms with E-state index in [1.165, 1.54) is 7.11 Å². The maximum absolute atomic E-state index is 11.2. The average molecular weight is 253 g/mol. The molecule has 0 saturated carbocycles. The van der Waals surface area contributed by atoms with Crippen LogP contribution in [0.2, 0.25) is 0 Å². The molecule has 18 heavy (non-hydrogen) atoms. The van der Waals surface area contributed by atoms with Gasteiger partial charge in [-0.15, -0.1) is 0 Å². The highest BCUT2D eigenvalue weighted by Gasteiger charge is 2.09. The van der Waals surface area contributed by atoms with E-state index in [9.17, 15) is 9.59 Å². The number of nitrogens with one attached hydrogen (secondary N) is 1. The van der Waals surface area contributed by atoms with Crippen molar-refractivity contribution < 1.29 is 19.1 Å². The molecular weight excluding hydrogens is 238 g/mol. The molecule has 1 aromatic carbocycles. The zero-order chi connectivity index (χ0) is 13.5. The number of carbonyl (C=O) groups is 2. The van der Waals surface area contributed by atoms with Gasteiger partial charge in [0.2, 0.25) is 0 Å². The zero-order valence-electron chi connectivity index (χ0n) is 9.93. The van der Waals surface area contributed by atoms with E-state index < -0.39 is 11.9 Å². The van der Waals surface area contributed by atoms with Gasteiger partial charge in [0.05, 0.1) is 7.11 Å². The third-order valence-corrected chi connectivity index (χ3v) is 2.09. The minimum atomic E-state index is -0.922. The Kier molecular flexibility index (Phi) is 4.94. The summed E-state index contributed by atoms with van der Waals surface area (Å²) in [6.07, 6.45) is 0. The number of benzene rings is 1. The average Bonchev–Trinajstić information content (AvgIpc) is 2.35. The summed E-state index contributed by atoms with van der Waals surface area (Å²) in [6, 6.07) is 4.18. The van der Waals surface area contributed by atoms with Crippen molar-refractivity contribution >= 4 is 11.9 Å². The Morgan fingerprint density at radius 1 is 1.33 bits per heavy atom. The highest BCUT2D eigenvalue weighted by molar-refractivity contribution is 5.94. The van der Waals surface area contributed by atoms with E-state index in [0.29, 0.717) is 18.0 Å². The monoisotopic (exact) mass is 253 g/mol. The zero-order valence-corrected chi connectivity index (χ0v) is 9.93. The van der Waals surface area contributed by atoms with Crippen LogP contribution in [0.15, 0.2) is 18.2 Å². The maximum Gasteiger partial charge on any atom is 0.318 e. The minimum absolute atomic E-state index is 0.332. The van der Waals surface area contributed by atoms with Crippen LogP contribution in [0, 0.1) is 0 Å². The van der Waals surface area contributed by atoms with Crippen LogP contribution < -0.4 is 26.3 Å². The van der Waals surface area contributed by atoms with Gasteiger partial charge in [-0.05, 0) is 17.7 Å². The lowest BCUT2D eigenvalue weighted by atomic mass is 10.2. The Morgan fingerprint density at radius 2 is 2.06 bits per heavy atom. The fourth-order valence-electron chi connectivity index (χ4n) is 1.28. The molecule has 0 aliphatic heterocycles. The first kappa shape index (κ1) is 13.8. The van der Waals surface area contributed by atoms with Crippen LogP contribution in [0.5, 0.6) is 11.5 Å². The van der Waals surface area contributed by atoms with Crippen LogP contribution in [-0.4, -0.2) is 25.7 Å². The number of hydrogen-bond acceptors (Lipinski definition) is 5. The van der Waals surface area contributed by atoms with Crippen molar-refractivity contribution in [2.24, 2.45) is 11.5 Å². The molecule has 3 amide bonds. The third-order valence-electron chi connectivity index (χ3n) is 2.09. The molecule has 0 fully saturated rings. The van der Waals surface area contributed by atoms with Gasteiger partial charge in [0.15, 0.2) is 18.1 Å². The summed E-state index contributed by atoms with van der Waals surface area (Å²) in [6.45, 7) is 0.0417. The van der Waals surface area contributed by atoms with Gasteiger partial charge in [0.1, 0.15) is 0 Å². The van der Waals surface area contributed by atoms with E-state index in [4.69, 9.17) is 20.9 Å². The second-order valence-electron chi connectivity index (χ2n) is 3.39. The lowest BCUT2D eigenvalue weighted by Gasteiger charge is -2.11. The van der Waals surface area contributed by atoms with Crippen LogP contribution in [0.25, 0.3) is 0 Å². The smallest absolute Gasteiger partial charge is 0.318 e. The number of methoxy groups -OCH3 is 1. The molecule has 0 aliphatic rings. The highest BCUT2D eigenvalue weighted by Crippen LogP contribution is 2.27. The van der Waals surface area contributed by atoms with Crippen molar-refractivity contribution in [3.8, 4) is 11.5 Å². The lowest BCUT2D eigenvalue weighted by Crippen LogP contribution is -2.38. The number of amides is 3. The van der Waals surface area contributed by atoms with E-state index in [-0.39, 0.29) is 6.61 Å². The van der Waals surface area contributed by atoms with Gasteiger partial charge in [-0.2, -0.15) is 0 Å². The highest BCUT2D eigenvalue weighted by atomic mass is 16.5. The number of rotatable bonds is 5. The summed E-state index contributed by atoms with van der Waals surface area (Å²) in [7, 11) is 1.48. The largest absolute Gasteiger partial charge is 0.493 e. The second kappa shape index (κ2) is 6.45. The third kappa shape index (κ3) is 3.95. The number of nitrogens with two attached hydrogens (primary N) is 2. The first-order chi connectivity index (χ1) is 8.56. The number of imide groups is 1. The number of ether oxygens (including phenoxy) is 2. The molecule has 0 heterocycles. The summed E-state index contributed by atoms with van der Waals surface area (Å²) in [4.78, 5) is 21.6. The van der Waals surface area contributed by atoms with Crippen LogP contribution >= 0.6 is 0 Å². The Hall–Kier alpha value is -2.28. The van der Waals surface area contributed by atoms with Crippen LogP contribution in [0.3, 0.4) is 0 Å². The van der Waals surface area contributed by atoms with Gasteiger partial charge >= 0.3 is 6.03 Å². The molecule has 0 atom stereocenters. The Balaban J connectivity index is 2.67. The Morgan fingerprint density at radius 3 is 2.61 bits per heavy atom. The second-order valence-corrected chi connectivity index (χ2v) is 3.39. The molecule has 0 unspecified atom stereocenters. The molecule has 5 N–H and O–H groups in total. The number of primary amides is 1. The molecule has 7 nitrogen and oxygen atoms in total. The van der Waals surface area contributed by atoms with E-state index in [1.54, 1.807) is 18.2 Å². The van der Waals surface area contributed by atoms with Crippen LogP contribution in [0.4, 0.5) is 4.79 Å². The predicted octanol–water partition coefficient (Wildman–Crippen LogP) is -0.272. The number of carbonyl (C=O) groups excluding carboxylic acids is 2. The van der Waals surface area contributed by atoms with E-state index in [2.05, 4.69) is 0 Å². The Bertz CT molecular complexity index is 448. The normalized spacial score (nSPS) is 9.67. The fraction of sp³-hybridized carbons (Fsp3) is 0.273. The molecule has 7 heteroatoms. The predicted molar refractivity (Wildman–Crippen MR) is 64.1 cm³/mol. The molecule has 0 aromatic heterocycles. The van der Waals surface area contributed by atoms with Gasteiger partial charge in [0, 0.05) is 6.54 Å². The van der Waals surface area contributed by atoms with Crippen molar-refractivity contribution in [2.75, 3.05) is 13.7 Å². The molecular formula is C11H15N3O4. The molecule has 1 rings (SSSR count). The topological polar surface area (TPSA) is 117 Å². The van der Waals surface area contributed by atoms with E-state index >= 15 is 0 Å². The summed E-state index contributed by atoms with van der Waals surface area (Å²) in [5, 5.41) is 1.89. The molecule has 0 radical (unpaired) electrons. The van der Waals surface area contributed by atoms with Crippen LogP contribution in [0.1, 0.15) is 5.56 Å². The van der Waals surface area contributed by atoms with Crippen molar-refractivity contribution in [2.45, 2.75) is 6.54 Å². The fourth-order valence-corrected chi connectivity index (χ4v) is 1.28. The molecule has 1 aromatic rings. The van der Waals surface area contributed by atoms with E-state index in [0.717, 1.165) is 5.56 Å². The van der Waals surface area contributed by atoms with Crippen LogP contribution in [-0.2, 0) is 11.3 Å². The van der Waals surface area contributed by atoms with Crippen molar-refractivity contribution in [3.63, 3.8) is 0 Å². The lowest BCUT2D eigenvalue weighted by molar-refractivity contribution is -0.121. The Labute approximate surface area is 104 Å². The van der Waals surface area contributed by atoms with Gasteiger partial charge in [-0.1, -0.05) is 6.07 Å². The molecule has 0 saturated heterocycles. The van der Waals surface area contributed by atoms with Crippen molar-refractivity contribution in [1.29, 1.82) is 0 Å². The van der Waals surface area contributed by atoms with Gasteiger partial charge < -0.3 is 20.9 Å². The first-order valence-corrected chi connectivity index (χ1v) is 5.16. The quantitative estimate of drug-likeness (QED) is 0.667. The molecule has 0 bridgehead atoms. The SMILES string of the molecule is COc1cc(CN)ccc1OCC(=O)NC(N)=O. The van der Waals surface area contributed by atoms with E-state index in [1.807, 2.05) is 5.32 Å². The molecule has 0 spiro atoms. The summed E-state index contributed by atoms with van der Waals surface area (Å²) >= 11 is 0. The molecule has 98 valence electrons. The van der Waals surface area contributed by atoms with Gasteiger partial charge in [-0.25, -0.2) is 4.79 Å². The van der Waals surface area contributed by atoms with Gasteiger partial charge in [-0.3, -0.25) is 10.1 Å². The summed E-state index contributed by atoms with van der Waals surface area (Å²) < 4.78 is 10.3. The van der Waals surface area contributed by atoms with Gasteiger partial charge in [0.25, 0.3) is 5.91 Å². The van der Waals surface area contributed by atoms with Crippen molar-refractivity contribution in [3.05, 3.63) is 23.8 Å². The minimum Gasteiger partial charge on any atom is -0.493 e.